The van der Waals surface area contributed by atoms with Crippen molar-refractivity contribution in [2.24, 2.45) is 5.41 Å². The maximum atomic E-state index is 13.9. The molecule has 0 aromatic heterocycles. The van der Waals surface area contributed by atoms with Crippen LogP contribution >= 0.6 is 0 Å². The van der Waals surface area contributed by atoms with Crippen LogP contribution in [0.25, 0.3) is 0 Å². The van der Waals surface area contributed by atoms with Crippen LogP contribution in [0.1, 0.15) is 75.3 Å². The SMILES string of the molecule is C[C@@]12CCc3cc(O)ccc3[C@H]1CC(O)(C1(S(=O)c3ccccc3)CCCC1)CC2. The molecule has 0 amide bonds. The van der Waals surface area contributed by atoms with E-state index in [-0.39, 0.29) is 11.3 Å². The molecule has 0 radical (unpaired) electrons. The van der Waals surface area contributed by atoms with Gasteiger partial charge in [0.2, 0.25) is 0 Å². The number of aromatic hydroxyl groups is 1. The van der Waals surface area contributed by atoms with E-state index in [1.165, 1.54) is 11.1 Å². The standard InChI is InChI=1S/C26H32O3S/c1-24-14-11-19-17-20(27)9-10-22(19)23(24)18-25(28,16-15-24)26(12-5-6-13-26)30(29)21-7-3-2-4-8-21/h2-4,7-10,17,23,27-28H,5-6,11-16,18H2,1H3/t23-,24+,25?,30?/m1/s1. The quantitative estimate of drug-likeness (QED) is 0.687. The van der Waals surface area contributed by atoms with Crippen molar-refractivity contribution in [3.63, 3.8) is 0 Å². The van der Waals surface area contributed by atoms with Crippen LogP contribution in [0.5, 0.6) is 5.75 Å². The number of phenolic OH excluding ortho intramolecular Hbond substituents is 1. The number of hydrogen-bond donors (Lipinski definition) is 2. The molecule has 0 saturated heterocycles. The minimum Gasteiger partial charge on any atom is -0.508 e. The molecule has 0 bridgehead atoms. The summed E-state index contributed by atoms with van der Waals surface area (Å²) in [6.07, 6.45) is 8.15. The van der Waals surface area contributed by atoms with Gasteiger partial charge in [0.1, 0.15) is 5.75 Å². The van der Waals surface area contributed by atoms with E-state index >= 15 is 0 Å². The third kappa shape index (κ3) is 2.98. The summed E-state index contributed by atoms with van der Waals surface area (Å²) in [4.78, 5) is 0.843. The number of fused-ring (bicyclic) bond motifs is 3. The first-order valence-electron chi connectivity index (χ1n) is 11.4. The lowest BCUT2D eigenvalue weighted by molar-refractivity contribution is -0.0750. The Hall–Kier alpha value is -1.65. The van der Waals surface area contributed by atoms with E-state index in [2.05, 4.69) is 13.0 Å². The number of aliphatic hydroxyl groups is 1. The molecular formula is C26H32O3S. The molecule has 3 aliphatic carbocycles. The van der Waals surface area contributed by atoms with Crippen LogP contribution in [0.4, 0.5) is 0 Å². The first-order chi connectivity index (χ1) is 14.4. The van der Waals surface area contributed by atoms with Crippen LogP contribution in [0.2, 0.25) is 0 Å². The van der Waals surface area contributed by atoms with Gasteiger partial charge in [0, 0.05) is 4.90 Å². The van der Waals surface area contributed by atoms with Crippen LogP contribution in [0, 0.1) is 5.41 Å². The van der Waals surface area contributed by atoms with Gasteiger partial charge in [-0.3, -0.25) is 4.21 Å². The fraction of sp³-hybridized carbons (Fsp3) is 0.538. The molecule has 0 aliphatic heterocycles. The number of phenols is 1. The third-order valence-electron chi connectivity index (χ3n) is 8.53. The zero-order chi connectivity index (χ0) is 21.0. The number of aryl methyl sites for hydroxylation is 1. The molecule has 30 heavy (non-hydrogen) atoms. The zero-order valence-electron chi connectivity index (χ0n) is 17.8. The normalized spacial score (nSPS) is 33.5. The molecule has 2 aromatic rings. The van der Waals surface area contributed by atoms with Crippen LogP contribution in [-0.4, -0.2) is 24.8 Å². The Morgan fingerprint density at radius 1 is 0.967 bits per heavy atom. The number of rotatable bonds is 3. The first-order valence-corrected chi connectivity index (χ1v) is 12.5. The summed E-state index contributed by atoms with van der Waals surface area (Å²) in [5, 5.41) is 22.2. The van der Waals surface area contributed by atoms with E-state index in [1.807, 2.05) is 36.4 Å². The topological polar surface area (TPSA) is 57.5 Å². The van der Waals surface area contributed by atoms with Crippen molar-refractivity contribution in [3.05, 3.63) is 59.7 Å². The summed E-state index contributed by atoms with van der Waals surface area (Å²) >= 11 is 0. The maximum Gasteiger partial charge on any atom is 0.115 e. The molecule has 0 spiro atoms. The van der Waals surface area contributed by atoms with E-state index in [0.29, 0.717) is 12.2 Å². The molecule has 3 nitrogen and oxygen atoms in total. The van der Waals surface area contributed by atoms with E-state index < -0.39 is 21.1 Å². The highest BCUT2D eigenvalue weighted by Gasteiger charge is 2.60. The molecule has 4 heteroatoms. The molecule has 2 N–H and O–H groups in total. The molecule has 2 saturated carbocycles. The molecular weight excluding hydrogens is 392 g/mol. The van der Waals surface area contributed by atoms with E-state index in [9.17, 15) is 14.4 Å². The Morgan fingerprint density at radius 3 is 2.43 bits per heavy atom. The molecule has 0 heterocycles. The lowest BCUT2D eigenvalue weighted by Crippen LogP contribution is -2.59. The van der Waals surface area contributed by atoms with Crippen molar-refractivity contribution in [1.82, 2.24) is 0 Å². The highest BCUT2D eigenvalue weighted by atomic mass is 32.2. The summed E-state index contributed by atoms with van der Waals surface area (Å²) in [6, 6.07) is 15.5. The largest absolute Gasteiger partial charge is 0.508 e. The average Bonchev–Trinajstić information content (AvgIpc) is 3.26. The average molecular weight is 425 g/mol. The minimum atomic E-state index is -1.23. The number of benzene rings is 2. The van der Waals surface area contributed by atoms with Crippen molar-refractivity contribution in [3.8, 4) is 5.75 Å². The van der Waals surface area contributed by atoms with Crippen molar-refractivity contribution in [2.45, 2.75) is 85.9 Å². The van der Waals surface area contributed by atoms with Crippen LogP contribution in [0.15, 0.2) is 53.4 Å². The minimum absolute atomic E-state index is 0.157. The molecule has 2 aromatic carbocycles. The predicted octanol–water partition coefficient (Wildman–Crippen LogP) is 5.46. The third-order valence-corrected chi connectivity index (χ3v) is 10.7. The molecule has 3 aliphatic rings. The first kappa shape index (κ1) is 20.3. The molecule has 2 fully saturated rings. The molecule has 4 atom stereocenters. The summed E-state index contributed by atoms with van der Waals surface area (Å²) < 4.78 is 13.4. The van der Waals surface area contributed by atoms with E-state index in [0.717, 1.165) is 56.3 Å². The van der Waals surface area contributed by atoms with Crippen LogP contribution in [0.3, 0.4) is 0 Å². The summed E-state index contributed by atoms with van der Waals surface area (Å²) in [6.45, 7) is 2.36. The zero-order valence-corrected chi connectivity index (χ0v) is 18.6. The van der Waals surface area contributed by atoms with Gasteiger partial charge >= 0.3 is 0 Å². The fourth-order valence-corrected chi connectivity index (χ4v) is 8.70. The fourth-order valence-electron chi connectivity index (χ4n) is 6.66. The second-order valence-electron chi connectivity index (χ2n) is 10.1. The van der Waals surface area contributed by atoms with E-state index in [1.54, 1.807) is 6.07 Å². The van der Waals surface area contributed by atoms with Gasteiger partial charge in [-0.05, 0) is 91.7 Å². The van der Waals surface area contributed by atoms with Crippen molar-refractivity contribution in [1.29, 1.82) is 0 Å². The summed E-state index contributed by atoms with van der Waals surface area (Å²) in [5.41, 5.74) is 1.72. The van der Waals surface area contributed by atoms with Gasteiger partial charge in [-0.15, -0.1) is 0 Å². The van der Waals surface area contributed by atoms with Gasteiger partial charge in [0.05, 0.1) is 21.1 Å². The van der Waals surface area contributed by atoms with Gasteiger partial charge in [-0.25, -0.2) is 0 Å². The molecule has 160 valence electrons. The summed E-state index contributed by atoms with van der Waals surface area (Å²) in [5.74, 6) is 0.562. The van der Waals surface area contributed by atoms with Gasteiger partial charge < -0.3 is 10.2 Å². The van der Waals surface area contributed by atoms with Gasteiger partial charge in [-0.1, -0.05) is 44.0 Å². The Morgan fingerprint density at radius 2 is 1.70 bits per heavy atom. The number of hydrogen-bond acceptors (Lipinski definition) is 3. The Bertz CT molecular complexity index is 965. The highest BCUT2D eigenvalue weighted by molar-refractivity contribution is 7.86. The smallest absolute Gasteiger partial charge is 0.115 e. The lowest BCUT2D eigenvalue weighted by atomic mass is 9.54. The van der Waals surface area contributed by atoms with Gasteiger partial charge in [-0.2, -0.15) is 0 Å². The second kappa shape index (κ2) is 7.20. The van der Waals surface area contributed by atoms with Gasteiger partial charge in [0.15, 0.2) is 0 Å². The second-order valence-corrected chi connectivity index (χ2v) is 11.9. The van der Waals surface area contributed by atoms with Crippen molar-refractivity contribution < 1.29 is 14.4 Å². The molecule has 5 rings (SSSR count). The van der Waals surface area contributed by atoms with Crippen LogP contribution in [-0.2, 0) is 17.2 Å². The van der Waals surface area contributed by atoms with E-state index in [4.69, 9.17) is 0 Å². The predicted molar refractivity (Wildman–Crippen MR) is 120 cm³/mol. The van der Waals surface area contributed by atoms with Gasteiger partial charge in [0.25, 0.3) is 0 Å². The monoisotopic (exact) mass is 424 g/mol. The molecule has 2 unspecified atom stereocenters. The lowest BCUT2D eigenvalue weighted by Gasteiger charge is -2.56. The highest BCUT2D eigenvalue weighted by Crippen LogP contribution is 2.61. The van der Waals surface area contributed by atoms with Crippen LogP contribution < -0.4 is 0 Å². The Balaban J connectivity index is 1.56. The van der Waals surface area contributed by atoms with Crippen molar-refractivity contribution >= 4 is 10.8 Å². The Kier molecular flexibility index (Phi) is 4.86. The maximum absolute atomic E-state index is 13.9. The van der Waals surface area contributed by atoms with Crippen molar-refractivity contribution in [2.75, 3.05) is 0 Å². The summed E-state index contributed by atoms with van der Waals surface area (Å²) in [7, 11) is -1.23. The Labute approximate surface area is 182 Å².